The molecule has 0 heterocycles. The molecule has 3 nitrogen and oxygen atoms in total. The molecule has 14 heavy (non-hydrogen) atoms. The molecule has 0 radical (unpaired) electrons. The highest BCUT2D eigenvalue weighted by atomic mass is 19.1. The lowest BCUT2D eigenvalue weighted by Gasteiger charge is -2.11. The molecule has 1 rings (SSSR count). The summed E-state index contributed by atoms with van der Waals surface area (Å²) in [7, 11) is 2.87. The largest absolute Gasteiger partial charge is 0.494 e. The zero-order chi connectivity index (χ0) is 10.6. The van der Waals surface area contributed by atoms with Crippen LogP contribution < -0.4 is 14.2 Å². The Morgan fingerprint density at radius 1 is 1.14 bits per heavy atom. The fourth-order valence-electron chi connectivity index (χ4n) is 1.12. The van der Waals surface area contributed by atoms with Gasteiger partial charge in [-0.3, -0.25) is 0 Å². The number of ether oxygens (including phenoxy) is 3. The molecule has 0 saturated carbocycles. The average Bonchev–Trinajstić information content (AvgIpc) is 2.21. The van der Waals surface area contributed by atoms with Gasteiger partial charge in [0, 0.05) is 0 Å². The van der Waals surface area contributed by atoms with Gasteiger partial charge in [-0.15, -0.1) is 0 Å². The summed E-state index contributed by atoms with van der Waals surface area (Å²) in [5, 5.41) is 0. The van der Waals surface area contributed by atoms with Crippen LogP contribution in [-0.4, -0.2) is 20.8 Å². The minimum absolute atomic E-state index is 0.0920. The summed E-state index contributed by atoms with van der Waals surface area (Å²) in [6.45, 7) is 2.15. The van der Waals surface area contributed by atoms with Crippen molar-refractivity contribution in [3.63, 3.8) is 0 Å². The van der Waals surface area contributed by atoms with Gasteiger partial charge in [-0.1, -0.05) is 0 Å². The number of methoxy groups -OCH3 is 2. The van der Waals surface area contributed by atoms with Crippen LogP contribution >= 0.6 is 0 Å². The maximum atomic E-state index is 13.6. The van der Waals surface area contributed by atoms with Crippen LogP contribution in [0.25, 0.3) is 0 Å². The standard InChI is InChI=1S/C10H13FO3/c1-4-14-10-8(13-3)6-5-7(12-2)9(10)11/h5-6H,4H2,1-3H3. The van der Waals surface area contributed by atoms with Gasteiger partial charge in [0.2, 0.25) is 11.6 Å². The summed E-state index contributed by atoms with van der Waals surface area (Å²) in [5.74, 6) is 0.0717. The SMILES string of the molecule is CCOc1c(OC)ccc(OC)c1F. The van der Waals surface area contributed by atoms with Crippen molar-refractivity contribution >= 4 is 0 Å². The van der Waals surface area contributed by atoms with E-state index in [-0.39, 0.29) is 11.5 Å². The van der Waals surface area contributed by atoms with Crippen LogP contribution in [0, 0.1) is 5.82 Å². The van der Waals surface area contributed by atoms with Crippen molar-refractivity contribution in [1.29, 1.82) is 0 Å². The molecule has 78 valence electrons. The van der Waals surface area contributed by atoms with Crippen molar-refractivity contribution in [3.05, 3.63) is 17.9 Å². The maximum absolute atomic E-state index is 13.6. The van der Waals surface area contributed by atoms with E-state index in [1.165, 1.54) is 20.3 Å². The van der Waals surface area contributed by atoms with Crippen LogP contribution in [0.5, 0.6) is 17.2 Å². The quantitative estimate of drug-likeness (QED) is 0.746. The summed E-state index contributed by atoms with van der Waals surface area (Å²) in [4.78, 5) is 0. The van der Waals surface area contributed by atoms with Crippen LogP contribution in [0.1, 0.15) is 6.92 Å². The molecule has 0 aliphatic carbocycles. The van der Waals surface area contributed by atoms with Crippen LogP contribution in [0.2, 0.25) is 0 Å². The Balaban J connectivity index is 3.16. The molecule has 1 aromatic rings. The highest BCUT2D eigenvalue weighted by Gasteiger charge is 2.15. The zero-order valence-electron chi connectivity index (χ0n) is 8.46. The maximum Gasteiger partial charge on any atom is 0.210 e. The molecule has 0 aromatic heterocycles. The van der Waals surface area contributed by atoms with Gasteiger partial charge in [-0.2, -0.15) is 4.39 Å². The molecule has 0 atom stereocenters. The summed E-state index contributed by atoms with van der Waals surface area (Å²) in [6.07, 6.45) is 0. The Labute approximate surface area is 82.4 Å². The normalized spacial score (nSPS) is 9.71. The second-order valence-corrected chi connectivity index (χ2v) is 2.55. The lowest BCUT2D eigenvalue weighted by Crippen LogP contribution is -2.00. The van der Waals surface area contributed by atoms with E-state index in [0.717, 1.165) is 0 Å². The van der Waals surface area contributed by atoms with Crippen molar-refractivity contribution in [3.8, 4) is 17.2 Å². The minimum Gasteiger partial charge on any atom is -0.494 e. The third-order valence-corrected chi connectivity index (χ3v) is 1.75. The van der Waals surface area contributed by atoms with E-state index in [1.54, 1.807) is 13.0 Å². The van der Waals surface area contributed by atoms with E-state index in [9.17, 15) is 4.39 Å². The van der Waals surface area contributed by atoms with Gasteiger partial charge >= 0.3 is 0 Å². The lowest BCUT2D eigenvalue weighted by atomic mass is 10.3. The second kappa shape index (κ2) is 4.69. The first-order valence-electron chi connectivity index (χ1n) is 4.27. The van der Waals surface area contributed by atoms with Crippen LogP contribution in [-0.2, 0) is 0 Å². The third-order valence-electron chi connectivity index (χ3n) is 1.75. The Morgan fingerprint density at radius 3 is 2.21 bits per heavy atom. The van der Waals surface area contributed by atoms with Crippen molar-refractivity contribution in [2.75, 3.05) is 20.8 Å². The van der Waals surface area contributed by atoms with Crippen molar-refractivity contribution in [2.24, 2.45) is 0 Å². The van der Waals surface area contributed by atoms with Crippen molar-refractivity contribution < 1.29 is 18.6 Å². The lowest BCUT2D eigenvalue weighted by molar-refractivity contribution is 0.285. The van der Waals surface area contributed by atoms with Gasteiger partial charge in [-0.25, -0.2) is 0 Å². The summed E-state index contributed by atoms with van der Waals surface area (Å²) < 4.78 is 28.5. The van der Waals surface area contributed by atoms with E-state index >= 15 is 0 Å². The molecule has 0 bridgehead atoms. The average molecular weight is 200 g/mol. The molecule has 0 unspecified atom stereocenters. The molecule has 0 saturated heterocycles. The van der Waals surface area contributed by atoms with Gasteiger partial charge < -0.3 is 14.2 Å². The van der Waals surface area contributed by atoms with Crippen LogP contribution in [0.4, 0.5) is 4.39 Å². The van der Waals surface area contributed by atoms with Gasteiger partial charge in [0.25, 0.3) is 0 Å². The van der Waals surface area contributed by atoms with Crippen molar-refractivity contribution in [2.45, 2.75) is 6.92 Å². The second-order valence-electron chi connectivity index (χ2n) is 2.55. The number of halogens is 1. The highest BCUT2D eigenvalue weighted by molar-refractivity contribution is 5.47. The predicted molar refractivity (Wildman–Crippen MR) is 50.7 cm³/mol. The number of hydrogen-bond acceptors (Lipinski definition) is 3. The topological polar surface area (TPSA) is 27.7 Å². The Morgan fingerprint density at radius 2 is 1.71 bits per heavy atom. The number of rotatable bonds is 4. The first-order chi connectivity index (χ1) is 6.74. The summed E-state index contributed by atoms with van der Waals surface area (Å²) in [6, 6.07) is 3.10. The van der Waals surface area contributed by atoms with Crippen LogP contribution in [0.3, 0.4) is 0 Å². The van der Waals surface area contributed by atoms with Gasteiger partial charge in [0.05, 0.1) is 20.8 Å². The molecular formula is C10H13FO3. The number of hydrogen-bond donors (Lipinski definition) is 0. The first kappa shape index (κ1) is 10.6. The smallest absolute Gasteiger partial charge is 0.210 e. The van der Waals surface area contributed by atoms with E-state index in [4.69, 9.17) is 14.2 Å². The molecular weight excluding hydrogens is 187 g/mol. The molecule has 0 amide bonds. The molecule has 0 aliphatic rings. The Hall–Kier alpha value is -1.45. The van der Waals surface area contributed by atoms with Crippen molar-refractivity contribution in [1.82, 2.24) is 0 Å². The zero-order valence-corrected chi connectivity index (χ0v) is 8.46. The fraction of sp³-hybridized carbons (Fsp3) is 0.400. The third kappa shape index (κ3) is 1.89. The van der Waals surface area contributed by atoms with E-state index < -0.39 is 5.82 Å². The monoisotopic (exact) mass is 200 g/mol. The fourth-order valence-corrected chi connectivity index (χ4v) is 1.12. The summed E-state index contributed by atoms with van der Waals surface area (Å²) in [5.41, 5.74) is 0. The van der Waals surface area contributed by atoms with E-state index in [1.807, 2.05) is 0 Å². The van der Waals surface area contributed by atoms with Gasteiger partial charge in [0.1, 0.15) is 0 Å². The first-order valence-corrected chi connectivity index (χ1v) is 4.27. The molecule has 4 heteroatoms. The highest BCUT2D eigenvalue weighted by Crippen LogP contribution is 2.35. The molecule has 0 aliphatic heterocycles. The minimum atomic E-state index is -0.534. The molecule has 0 spiro atoms. The molecule has 0 N–H and O–H groups in total. The molecule has 0 fully saturated rings. The van der Waals surface area contributed by atoms with Gasteiger partial charge in [-0.05, 0) is 19.1 Å². The Kier molecular flexibility index (Phi) is 3.56. The van der Waals surface area contributed by atoms with E-state index in [2.05, 4.69) is 0 Å². The summed E-state index contributed by atoms with van der Waals surface area (Å²) >= 11 is 0. The van der Waals surface area contributed by atoms with E-state index in [0.29, 0.717) is 12.4 Å². The van der Waals surface area contributed by atoms with Crippen LogP contribution in [0.15, 0.2) is 12.1 Å². The predicted octanol–water partition coefficient (Wildman–Crippen LogP) is 2.24. The van der Waals surface area contributed by atoms with Gasteiger partial charge in [0.15, 0.2) is 11.5 Å². The Bertz CT molecular complexity index is 312. The number of benzene rings is 1. The molecule has 1 aromatic carbocycles.